The number of methoxy groups -OCH3 is 1. The van der Waals surface area contributed by atoms with Crippen LogP contribution in [0.2, 0.25) is 0 Å². The Morgan fingerprint density at radius 1 is 1.57 bits per heavy atom. The summed E-state index contributed by atoms with van der Waals surface area (Å²) in [5.41, 5.74) is 1.85. The molecule has 0 spiro atoms. The van der Waals surface area contributed by atoms with Gasteiger partial charge in [0, 0.05) is 6.07 Å². The Kier molecular flexibility index (Phi) is 3.72. The Labute approximate surface area is 88.9 Å². The average molecular weight is 210 g/mol. The van der Waals surface area contributed by atoms with E-state index in [9.17, 15) is 0 Å². The fourth-order valence-electron chi connectivity index (χ4n) is 0.997. The van der Waals surface area contributed by atoms with Gasteiger partial charge in [0.2, 0.25) is 0 Å². The van der Waals surface area contributed by atoms with Crippen LogP contribution in [0.25, 0.3) is 0 Å². The molecule has 0 unspecified atom stereocenters. The van der Waals surface area contributed by atoms with Crippen molar-refractivity contribution >= 4 is 22.5 Å². The lowest BCUT2D eigenvalue weighted by atomic mass is 10.2. The maximum Gasteiger partial charge on any atom is 0.129 e. The Hall–Kier alpha value is -1.28. The molecule has 0 radical (unpaired) electrons. The summed E-state index contributed by atoms with van der Waals surface area (Å²) in [5, 5.41) is 0.376. The second-order valence-electron chi connectivity index (χ2n) is 2.79. The minimum atomic E-state index is 0.376. The van der Waals surface area contributed by atoms with Gasteiger partial charge in [0.25, 0.3) is 0 Å². The van der Waals surface area contributed by atoms with Gasteiger partial charge in [-0.3, -0.25) is 0 Å². The summed E-state index contributed by atoms with van der Waals surface area (Å²) in [6.07, 6.45) is 1.50. The fourth-order valence-corrected chi connectivity index (χ4v) is 1.09. The Morgan fingerprint density at radius 3 is 2.86 bits per heavy atom. The zero-order valence-corrected chi connectivity index (χ0v) is 9.01. The number of aryl methyl sites for hydroxylation is 1. The van der Waals surface area contributed by atoms with Gasteiger partial charge in [0.15, 0.2) is 0 Å². The molecule has 0 aliphatic rings. The van der Waals surface area contributed by atoms with Gasteiger partial charge >= 0.3 is 0 Å². The van der Waals surface area contributed by atoms with Crippen molar-refractivity contribution in [3.63, 3.8) is 0 Å². The van der Waals surface area contributed by atoms with Crippen LogP contribution in [0.3, 0.4) is 0 Å². The first-order valence-electron chi connectivity index (χ1n) is 4.18. The van der Waals surface area contributed by atoms with Gasteiger partial charge in [-0.25, -0.2) is 4.99 Å². The predicted octanol–water partition coefficient (Wildman–Crippen LogP) is 3.46. The van der Waals surface area contributed by atoms with E-state index < -0.39 is 0 Å². The highest BCUT2D eigenvalue weighted by molar-refractivity contribution is 6.68. The molecular weight excluding hydrogens is 198 g/mol. The lowest BCUT2D eigenvalue weighted by Gasteiger charge is -2.03. The molecule has 0 amide bonds. The van der Waals surface area contributed by atoms with Crippen molar-refractivity contribution in [1.82, 2.24) is 0 Å². The number of benzene rings is 1. The largest absolute Gasteiger partial charge is 0.497 e. The van der Waals surface area contributed by atoms with Crippen molar-refractivity contribution in [2.75, 3.05) is 7.11 Å². The van der Waals surface area contributed by atoms with Gasteiger partial charge in [0.1, 0.15) is 10.9 Å². The highest BCUT2D eigenvalue weighted by Gasteiger charge is 1.99. The number of rotatable bonds is 3. The molecular formula is C11H12ClNO. The molecule has 1 aromatic carbocycles. The highest BCUT2D eigenvalue weighted by atomic mass is 35.5. The molecule has 1 rings (SSSR count). The fraction of sp³-hybridized carbons (Fsp3) is 0.182. The first-order valence-corrected chi connectivity index (χ1v) is 4.56. The average Bonchev–Trinajstić information content (AvgIpc) is 2.21. The van der Waals surface area contributed by atoms with Crippen molar-refractivity contribution in [3.8, 4) is 5.75 Å². The van der Waals surface area contributed by atoms with Crippen LogP contribution >= 0.6 is 11.6 Å². The summed E-state index contributed by atoms with van der Waals surface area (Å²) in [7, 11) is 1.62. The number of hydrogen-bond donors (Lipinski definition) is 0. The van der Waals surface area contributed by atoms with Gasteiger partial charge in [-0.1, -0.05) is 24.2 Å². The molecule has 0 aliphatic heterocycles. The molecule has 0 fully saturated rings. The van der Waals surface area contributed by atoms with E-state index >= 15 is 0 Å². The SMILES string of the molecule is C=C/C(Cl)=N\c1cc(OC)ccc1C. The molecule has 0 N–H and O–H groups in total. The second kappa shape index (κ2) is 4.82. The minimum Gasteiger partial charge on any atom is -0.497 e. The highest BCUT2D eigenvalue weighted by Crippen LogP contribution is 2.24. The van der Waals surface area contributed by atoms with Crippen molar-refractivity contribution in [1.29, 1.82) is 0 Å². The number of hydrogen-bond acceptors (Lipinski definition) is 2. The topological polar surface area (TPSA) is 21.6 Å². The minimum absolute atomic E-state index is 0.376. The molecule has 74 valence electrons. The van der Waals surface area contributed by atoms with Crippen LogP contribution < -0.4 is 4.74 Å². The van der Waals surface area contributed by atoms with Crippen molar-refractivity contribution in [2.24, 2.45) is 4.99 Å². The van der Waals surface area contributed by atoms with Gasteiger partial charge < -0.3 is 4.74 Å². The van der Waals surface area contributed by atoms with Crippen LogP contribution in [0.4, 0.5) is 5.69 Å². The van der Waals surface area contributed by atoms with E-state index in [-0.39, 0.29) is 0 Å². The number of allylic oxidation sites excluding steroid dienone is 1. The van der Waals surface area contributed by atoms with Gasteiger partial charge in [0.05, 0.1) is 12.8 Å². The standard InChI is InChI=1S/C11H12ClNO/c1-4-11(12)13-10-7-9(14-3)6-5-8(10)2/h4-7H,1H2,2-3H3/b13-11+. The second-order valence-corrected chi connectivity index (χ2v) is 3.18. The van der Waals surface area contributed by atoms with E-state index in [4.69, 9.17) is 16.3 Å². The zero-order chi connectivity index (χ0) is 10.6. The van der Waals surface area contributed by atoms with Crippen LogP contribution in [0.1, 0.15) is 5.56 Å². The monoisotopic (exact) mass is 209 g/mol. The van der Waals surface area contributed by atoms with Crippen LogP contribution in [0.15, 0.2) is 35.8 Å². The summed E-state index contributed by atoms with van der Waals surface area (Å²) < 4.78 is 5.09. The zero-order valence-electron chi connectivity index (χ0n) is 8.25. The van der Waals surface area contributed by atoms with Gasteiger partial charge in [-0.2, -0.15) is 0 Å². The van der Waals surface area contributed by atoms with Gasteiger partial charge in [-0.05, 0) is 24.6 Å². The third-order valence-corrected chi connectivity index (χ3v) is 2.05. The Balaban J connectivity index is 3.12. The number of ether oxygens (including phenoxy) is 1. The predicted molar refractivity (Wildman–Crippen MR) is 60.9 cm³/mol. The van der Waals surface area contributed by atoms with E-state index in [1.165, 1.54) is 6.08 Å². The van der Waals surface area contributed by atoms with E-state index in [0.717, 1.165) is 17.0 Å². The summed E-state index contributed by atoms with van der Waals surface area (Å²) in [4.78, 5) is 4.17. The van der Waals surface area contributed by atoms with E-state index in [2.05, 4.69) is 11.6 Å². The summed E-state index contributed by atoms with van der Waals surface area (Å²) in [6.45, 7) is 5.50. The number of aliphatic imine (C=N–C) groups is 1. The molecule has 0 saturated heterocycles. The normalized spacial score (nSPS) is 11.2. The lowest BCUT2D eigenvalue weighted by molar-refractivity contribution is 0.415. The van der Waals surface area contributed by atoms with Crippen LogP contribution in [-0.4, -0.2) is 12.3 Å². The van der Waals surface area contributed by atoms with Crippen LogP contribution in [0.5, 0.6) is 5.75 Å². The molecule has 0 heterocycles. The van der Waals surface area contributed by atoms with Crippen LogP contribution in [-0.2, 0) is 0 Å². The quantitative estimate of drug-likeness (QED) is 0.699. The van der Waals surface area contributed by atoms with Gasteiger partial charge in [-0.15, -0.1) is 0 Å². The van der Waals surface area contributed by atoms with Crippen molar-refractivity contribution < 1.29 is 4.74 Å². The molecule has 0 bridgehead atoms. The molecule has 3 heteroatoms. The molecule has 0 aromatic heterocycles. The molecule has 0 saturated carbocycles. The molecule has 14 heavy (non-hydrogen) atoms. The number of nitrogens with zero attached hydrogens (tertiary/aromatic N) is 1. The van der Waals surface area contributed by atoms with Crippen LogP contribution in [0, 0.1) is 6.92 Å². The Morgan fingerprint density at radius 2 is 2.29 bits per heavy atom. The summed E-state index contributed by atoms with van der Waals surface area (Å²) >= 11 is 5.76. The van der Waals surface area contributed by atoms with E-state index in [1.807, 2.05) is 25.1 Å². The number of halogens is 1. The third kappa shape index (κ3) is 2.60. The maximum atomic E-state index is 5.76. The van der Waals surface area contributed by atoms with E-state index in [1.54, 1.807) is 7.11 Å². The summed E-state index contributed by atoms with van der Waals surface area (Å²) in [6, 6.07) is 5.66. The van der Waals surface area contributed by atoms with Crippen molar-refractivity contribution in [2.45, 2.75) is 6.92 Å². The molecule has 1 aromatic rings. The maximum absolute atomic E-state index is 5.76. The summed E-state index contributed by atoms with van der Waals surface area (Å²) in [5.74, 6) is 0.767. The smallest absolute Gasteiger partial charge is 0.129 e. The lowest BCUT2D eigenvalue weighted by Crippen LogP contribution is -1.84. The molecule has 2 nitrogen and oxygen atoms in total. The van der Waals surface area contributed by atoms with Crippen molar-refractivity contribution in [3.05, 3.63) is 36.4 Å². The van der Waals surface area contributed by atoms with E-state index in [0.29, 0.717) is 5.17 Å². The molecule has 0 atom stereocenters. The first-order chi connectivity index (χ1) is 6.67. The first kappa shape index (κ1) is 10.8. The Bertz CT molecular complexity index is 372. The molecule has 0 aliphatic carbocycles. The third-order valence-electron chi connectivity index (χ3n) is 1.81.